The predicted octanol–water partition coefficient (Wildman–Crippen LogP) is 6.87. The molecule has 0 aromatic heterocycles. The summed E-state index contributed by atoms with van der Waals surface area (Å²) >= 11 is 26.2. The van der Waals surface area contributed by atoms with Crippen molar-refractivity contribution in [3.8, 4) is 0 Å². The lowest BCUT2D eigenvalue weighted by Crippen LogP contribution is -2.50. The average molecular weight is 536 g/mol. The molecule has 0 heterocycles. The van der Waals surface area contributed by atoms with Crippen molar-refractivity contribution in [3.63, 3.8) is 0 Å². The SMILES string of the molecule is CC[C@@H](C)NC(=O)[C@@H](C)N(Cc1ccc(Cl)cc1Cl)C(=O)CSCc1c(Cl)cccc1Cl. The van der Waals surface area contributed by atoms with Crippen LogP contribution in [-0.4, -0.2) is 34.6 Å². The number of carbonyl (C=O) groups excluding carboxylic acids is 2. The molecule has 0 saturated carbocycles. The normalized spacial score (nSPS) is 12.8. The Hall–Kier alpha value is -1.11. The van der Waals surface area contributed by atoms with Gasteiger partial charge in [0.15, 0.2) is 0 Å². The topological polar surface area (TPSA) is 49.4 Å². The first kappa shape index (κ1) is 27.1. The molecule has 2 aromatic carbocycles. The molecule has 2 rings (SSSR count). The second-order valence-corrected chi connectivity index (χ2v) is 10.1. The van der Waals surface area contributed by atoms with Gasteiger partial charge in [0, 0.05) is 38.4 Å². The maximum absolute atomic E-state index is 13.2. The molecular weight excluding hydrogens is 510 g/mol. The molecule has 0 saturated heterocycles. The molecular formula is C23H26Cl4N2O2S. The van der Waals surface area contributed by atoms with Crippen LogP contribution in [0.25, 0.3) is 0 Å². The van der Waals surface area contributed by atoms with E-state index in [1.807, 2.05) is 13.8 Å². The first-order valence-electron chi connectivity index (χ1n) is 10.2. The van der Waals surface area contributed by atoms with E-state index in [0.717, 1.165) is 12.0 Å². The Balaban J connectivity index is 2.16. The van der Waals surface area contributed by atoms with Gasteiger partial charge in [-0.15, -0.1) is 11.8 Å². The van der Waals surface area contributed by atoms with E-state index < -0.39 is 6.04 Å². The number of rotatable bonds is 10. The highest BCUT2D eigenvalue weighted by Gasteiger charge is 2.27. The molecule has 0 aliphatic rings. The quantitative estimate of drug-likeness (QED) is 0.361. The van der Waals surface area contributed by atoms with Crippen molar-refractivity contribution in [2.45, 2.75) is 51.6 Å². The van der Waals surface area contributed by atoms with Gasteiger partial charge in [0.05, 0.1) is 5.75 Å². The van der Waals surface area contributed by atoms with Gasteiger partial charge in [-0.3, -0.25) is 9.59 Å². The fraction of sp³-hybridized carbons (Fsp3) is 0.391. The van der Waals surface area contributed by atoms with Crippen LogP contribution < -0.4 is 5.32 Å². The third kappa shape index (κ3) is 7.74. The monoisotopic (exact) mass is 534 g/mol. The first-order chi connectivity index (χ1) is 15.1. The van der Waals surface area contributed by atoms with Gasteiger partial charge in [0.2, 0.25) is 11.8 Å². The maximum Gasteiger partial charge on any atom is 0.242 e. The predicted molar refractivity (Wildman–Crippen MR) is 137 cm³/mol. The number of halogens is 4. The van der Waals surface area contributed by atoms with E-state index in [0.29, 0.717) is 31.4 Å². The van der Waals surface area contributed by atoms with Crippen LogP contribution in [0.1, 0.15) is 38.3 Å². The van der Waals surface area contributed by atoms with Crippen LogP contribution >= 0.6 is 58.2 Å². The van der Waals surface area contributed by atoms with Crippen molar-refractivity contribution < 1.29 is 9.59 Å². The highest BCUT2D eigenvalue weighted by Crippen LogP contribution is 2.29. The van der Waals surface area contributed by atoms with Gasteiger partial charge in [-0.1, -0.05) is 65.5 Å². The van der Waals surface area contributed by atoms with Gasteiger partial charge >= 0.3 is 0 Å². The Morgan fingerprint density at radius 1 is 1.03 bits per heavy atom. The van der Waals surface area contributed by atoms with Gasteiger partial charge in [0.25, 0.3) is 0 Å². The van der Waals surface area contributed by atoms with Crippen molar-refractivity contribution in [3.05, 3.63) is 67.6 Å². The number of amides is 2. The number of benzene rings is 2. The summed E-state index contributed by atoms with van der Waals surface area (Å²) in [6.07, 6.45) is 0.796. The molecule has 0 fully saturated rings. The molecule has 2 aromatic rings. The summed E-state index contributed by atoms with van der Waals surface area (Å²) in [6, 6.07) is 9.75. The van der Waals surface area contributed by atoms with Crippen molar-refractivity contribution in [2.24, 2.45) is 0 Å². The molecule has 0 aliphatic carbocycles. The van der Waals surface area contributed by atoms with Crippen LogP contribution in [0.4, 0.5) is 0 Å². The zero-order valence-corrected chi connectivity index (χ0v) is 22.0. The van der Waals surface area contributed by atoms with E-state index in [9.17, 15) is 9.59 Å². The molecule has 2 atom stereocenters. The summed E-state index contributed by atoms with van der Waals surface area (Å²) in [5.41, 5.74) is 1.50. The minimum Gasteiger partial charge on any atom is -0.352 e. The Morgan fingerprint density at radius 2 is 1.69 bits per heavy atom. The molecule has 0 radical (unpaired) electrons. The second-order valence-electron chi connectivity index (χ2n) is 7.44. The molecule has 1 N–H and O–H groups in total. The minimum atomic E-state index is -0.673. The summed E-state index contributed by atoms with van der Waals surface area (Å²) in [4.78, 5) is 27.5. The van der Waals surface area contributed by atoms with Crippen molar-refractivity contribution in [1.82, 2.24) is 10.2 Å². The van der Waals surface area contributed by atoms with Crippen molar-refractivity contribution in [1.29, 1.82) is 0 Å². The molecule has 9 heteroatoms. The molecule has 32 heavy (non-hydrogen) atoms. The molecule has 0 spiro atoms. The maximum atomic E-state index is 13.2. The summed E-state index contributed by atoms with van der Waals surface area (Å²) in [7, 11) is 0. The fourth-order valence-electron chi connectivity index (χ4n) is 2.88. The van der Waals surface area contributed by atoms with Crippen LogP contribution in [0.3, 0.4) is 0 Å². The van der Waals surface area contributed by atoms with E-state index in [1.165, 1.54) is 16.7 Å². The van der Waals surface area contributed by atoms with Crippen molar-refractivity contribution in [2.75, 3.05) is 5.75 Å². The summed E-state index contributed by atoms with van der Waals surface area (Å²) in [6.45, 7) is 5.82. The van der Waals surface area contributed by atoms with Gasteiger partial charge in [-0.25, -0.2) is 0 Å². The average Bonchev–Trinajstić information content (AvgIpc) is 2.74. The van der Waals surface area contributed by atoms with Gasteiger partial charge in [-0.2, -0.15) is 0 Å². The number of thioether (sulfide) groups is 1. The Morgan fingerprint density at radius 3 is 2.28 bits per heavy atom. The van der Waals surface area contributed by atoms with Crippen LogP contribution in [0.5, 0.6) is 0 Å². The lowest BCUT2D eigenvalue weighted by atomic mass is 10.1. The van der Waals surface area contributed by atoms with E-state index in [-0.39, 0.29) is 30.2 Å². The van der Waals surface area contributed by atoms with E-state index in [2.05, 4.69) is 5.32 Å². The lowest BCUT2D eigenvalue weighted by molar-refractivity contribution is -0.138. The number of nitrogens with zero attached hydrogens (tertiary/aromatic N) is 1. The minimum absolute atomic E-state index is 0.0118. The summed E-state index contributed by atoms with van der Waals surface area (Å²) in [5, 5.41) is 5.01. The lowest BCUT2D eigenvalue weighted by Gasteiger charge is -2.30. The second kappa shape index (κ2) is 13.0. The standard InChI is InChI=1S/C23H26Cl4N2O2S/c1-4-14(2)28-23(31)15(3)29(11-16-8-9-17(24)10-21(16)27)22(30)13-32-12-18-19(25)6-5-7-20(18)26/h5-10,14-15H,4,11-13H2,1-3H3,(H,28,31)/t14-,15-/m1/s1. The van der Waals surface area contributed by atoms with Crippen LogP contribution in [0, 0.1) is 0 Å². The third-order valence-corrected chi connectivity index (χ3v) is 7.30. The molecule has 0 aliphatic heterocycles. The van der Waals surface area contributed by atoms with Crippen LogP contribution in [0.2, 0.25) is 20.1 Å². The fourth-order valence-corrected chi connectivity index (χ4v) is 4.99. The number of nitrogens with one attached hydrogen (secondary N) is 1. The van der Waals surface area contributed by atoms with Crippen LogP contribution in [-0.2, 0) is 21.9 Å². The van der Waals surface area contributed by atoms with E-state index >= 15 is 0 Å². The van der Waals surface area contributed by atoms with Crippen molar-refractivity contribution >= 4 is 70.0 Å². The smallest absolute Gasteiger partial charge is 0.242 e. The molecule has 2 amide bonds. The molecule has 4 nitrogen and oxygen atoms in total. The zero-order chi connectivity index (χ0) is 23.8. The van der Waals surface area contributed by atoms with Gasteiger partial charge < -0.3 is 10.2 Å². The number of carbonyl (C=O) groups is 2. The molecule has 0 bridgehead atoms. The highest BCUT2D eigenvalue weighted by molar-refractivity contribution is 7.99. The summed E-state index contributed by atoms with van der Waals surface area (Å²) in [5.74, 6) is 0.244. The Bertz CT molecular complexity index is 937. The van der Waals surface area contributed by atoms with Gasteiger partial charge in [-0.05, 0) is 55.7 Å². The van der Waals surface area contributed by atoms with Gasteiger partial charge in [0.1, 0.15) is 6.04 Å². The highest BCUT2D eigenvalue weighted by atomic mass is 35.5. The molecule has 0 unspecified atom stereocenters. The number of hydrogen-bond donors (Lipinski definition) is 1. The zero-order valence-electron chi connectivity index (χ0n) is 18.1. The molecule has 174 valence electrons. The third-order valence-electron chi connectivity index (χ3n) is 5.06. The van der Waals surface area contributed by atoms with Crippen LogP contribution in [0.15, 0.2) is 36.4 Å². The van der Waals surface area contributed by atoms with E-state index in [1.54, 1.807) is 43.3 Å². The largest absolute Gasteiger partial charge is 0.352 e. The Labute approximate surface area is 213 Å². The Kier molecular flexibility index (Phi) is 11.0. The summed E-state index contributed by atoms with van der Waals surface area (Å²) < 4.78 is 0. The first-order valence-corrected chi connectivity index (χ1v) is 12.8. The number of hydrogen-bond acceptors (Lipinski definition) is 3. The van der Waals surface area contributed by atoms with E-state index in [4.69, 9.17) is 46.4 Å².